The summed E-state index contributed by atoms with van der Waals surface area (Å²) in [5.74, 6) is 2.03. The summed E-state index contributed by atoms with van der Waals surface area (Å²) in [7, 11) is 0. The van der Waals surface area contributed by atoms with Gasteiger partial charge in [0.1, 0.15) is 0 Å². The molecule has 0 amide bonds. The molecule has 0 saturated carbocycles. The van der Waals surface area contributed by atoms with Gasteiger partial charge in [0.25, 0.3) is 0 Å². The first-order valence-corrected chi connectivity index (χ1v) is 3.60. The van der Waals surface area contributed by atoms with Gasteiger partial charge in [-0.3, -0.25) is 0 Å². The Labute approximate surface area is 62.7 Å². The fourth-order valence-electron chi connectivity index (χ4n) is 0.868. The Balaban J connectivity index is 2.59. The maximum atomic E-state index is 3.30. The zero-order chi connectivity index (χ0) is 7.40. The van der Waals surface area contributed by atoms with Gasteiger partial charge in [0, 0.05) is 0 Å². The van der Waals surface area contributed by atoms with E-state index in [1.54, 1.807) is 0 Å². The molecule has 0 aliphatic rings. The summed E-state index contributed by atoms with van der Waals surface area (Å²) in [6.45, 7) is 6.33. The predicted molar refractivity (Wildman–Crippen MR) is 46.5 cm³/mol. The van der Waals surface area contributed by atoms with Crippen molar-refractivity contribution in [2.24, 2.45) is 0 Å². The summed E-state index contributed by atoms with van der Waals surface area (Å²) in [6.07, 6.45) is 0. The summed E-state index contributed by atoms with van der Waals surface area (Å²) < 4.78 is 0. The van der Waals surface area contributed by atoms with E-state index in [4.69, 9.17) is 0 Å². The van der Waals surface area contributed by atoms with Gasteiger partial charge in [0.15, 0.2) is 0 Å². The van der Waals surface area contributed by atoms with Crippen LogP contribution in [0.1, 0.15) is 13.8 Å². The number of hydrogen-bond acceptors (Lipinski definition) is 1. The standard InChI is InChI=1S/C8H12BN/c1-7(2)10-8-5-3-4-6-9-8/h3-7,10H,1-2H3. The van der Waals surface area contributed by atoms with Gasteiger partial charge in [-0.1, -0.05) is 0 Å². The van der Waals surface area contributed by atoms with Crippen molar-refractivity contribution in [2.75, 3.05) is 5.32 Å². The first-order valence-electron chi connectivity index (χ1n) is 3.60. The number of rotatable bonds is 2. The van der Waals surface area contributed by atoms with Crippen LogP contribution >= 0.6 is 0 Å². The van der Waals surface area contributed by atoms with E-state index in [0.717, 1.165) is 0 Å². The van der Waals surface area contributed by atoms with E-state index in [9.17, 15) is 0 Å². The number of nitrogens with one attached hydrogen (secondary N) is 1. The van der Waals surface area contributed by atoms with Crippen molar-refractivity contribution >= 4 is 12.5 Å². The Morgan fingerprint density at radius 1 is 1.40 bits per heavy atom. The molecule has 0 aliphatic carbocycles. The molecule has 0 saturated heterocycles. The van der Waals surface area contributed by atoms with E-state index in [1.165, 1.54) is 5.58 Å². The minimum absolute atomic E-state index is 0.516. The zero-order valence-electron chi connectivity index (χ0n) is 6.46. The average molecular weight is 133 g/mol. The van der Waals surface area contributed by atoms with Crippen LogP contribution in [0.25, 0.3) is 0 Å². The van der Waals surface area contributed by atoms with Crippen LogP contribution in [0.3, 0.4) is 0 Å². The van der Waals surface area contributed by atoms with Crippen molar-refractivity contribution in [3.8, 4) is 0 Å². The van der Waals surface area contributed by atoms with E-state index in [2.05, 4.69) is 32.1 Å². The molecule has 0 spiro atoms. The molecule has 1 nitrogen and oxygen atoms in total. The Kier molecular flexibility index (Phi) is 2.49. The summed E-state index contributed by atoms with van der Waals surface area (Å²) >= 11 is 0. The topological polar surface area (TPSA) is 12.0 Å². The molecule has 0 aliphatic heterocycles. The van der Waals surface area contributed by atoms with Crippen molar-refractivity contribution in [3.05, 3.63) is 24.2 Å². The molecule has 2 heteroatoms. The second kappa shape index (κ2) is 3.40. The van der Waals surface area contributed by atoms with Gasteiger partial charge in [-0.25, -0.2) is 0 Å². The van der Waals surface area contributed by atoms with Crippen LogP contribution in [0.5, 0.6) is 0 Å². The summed E-state index contributed by atoms with van der Waals surface area (Å²) in [4.78, 5) is 0. The molecule has 0 atom stereocenters. The molecule has 1 N–H and O–H groups in total. The molecule has 1 aromatic heterocycles. The molecular weight excluding hydrogens is 121 g/mol. The van der Waals surface area contributed by atoms with E-state index in [0.29, 0.717) is 6.04 Å². The number of hydrogen-bond donors (Lipinski definition) is 1. The van der Waals surface area contributed by atoms with E-state index in [-0.39, 0.29) is 0 Å². The molecule has 10 heavy (non-hydrogen) atoms. The van der Waals surface area contributed by atoms with Gasteiger partial charge < -0.3 is 0 Å². The first kappa shape index (κ1) is 7.32. The van der Waals surface area contributed by atoms with Crippen LogP contribution in [0.2, 0.25) is 0 Å². The number of anilines is 1. The van der Waals surface area contributed by atoms with Crippen LogP contribution in [-0.2, 0) is 0 Å². The van der Waals surface area contributed by atoms with Crippen molar-refractivity contribution < 1.29 is 0 Å². The third kappa shape index (κ3) is 2.22. The minimum atomic E-state index is 0.516. The van der Waals surface area contributed by atoms with Crippen molar-refractivity contribution in [2.45, 2.75) is 19.9 Å². The Bertz CT molecular complexity index is 184. The molecular formula is C8H12BN. The molecule has 0 aromatic carbocycles. The van der Waals surface area contributed by atoms with Gasteiger partial charge in [0.05, 0.1) is 0 Å². The molecule has 52 valence electrons. The molecule has 0 radical (unpaired) electrons. The van der Waals surface area contributed by atoms with Gasteiger partial charge in [-0.15, -0.1) is 0 Å². The molecule has 1 aromatic rings. The predicted octanol–water partition coefficient (Wildman–Crippen LogP) is 1.84. The van der Waals surface area contributed by atoms with E-state index >= 15 is 0 Å². The SMILES string of the molecule is CC(C)Nc1bcccc1. The van der Waals surface area contributed by atoms with E-state index < -0.39 is 0 Å². The van der Waals surface area contributed by atoms with Crippen LogP contribution < -0.4 is 5.32 Å². The fourth-order valence-corrected chi connectivity index (χ4v) is 0.868. The Morgan fingerprint density at radius 3 is 2.70 bits per heavy atom. The normalized spacial score (nSPS) is 9.50. The van der Waals surface area contributed by atoms with E-state index in [1.807, 2.05) is 18.1 Å². The van der Waals surface area contributed by atoms with Gasteiger partial charge in [0.2, 0.25) is 0 Å². The third-order valence-electron chi connectivity index (χ3n) is 1.23. The summed E-state index contributed by atoms with van der Waals surface area (Å²) in [5.41, 5.74) is 1.19. The molecule has 0 fully saturated rings. The molecule has 1 rings (SSSR count). The van der Waals surface area contributed by atoms with Crippen LogP contribution in [-0.4, -0.2) is 13.0 Å². The van der Waals surface area contributed by atoms with Crippen LogP contribution in [0.4, 0.5) is 5.58 Å². The maximum absolute atomic E-state index is 3.30. The quantitative estimate of drug-likeness (QED) is 0.648. The summed E-state index contributed by atoms with van der Waals surface area (Å²) in [5, 5.41) is 3.30. The van der Waals surface area contributed by atoms with Crippen molar-refractivity contribution in [3.63, 3.8) is 0 Å². The van der Waals surface area contributed by atoms with Crippen molar-refractivity contribution in [1.29, 1.82) is 0 Å². The molecule has 0 unspecified atom stereocenters. The molecule has 0 bridgehead atoms. The second-order valence-electron chi connectivity index (χ2n) is 2.67. The van der Waals surface area contributed by atoms with Gasteiger partial charge in [-0.2, -0.15) is 0 Å². The first-order chi connectivity index (χ1) is 4.79. The monoisotopic (exact) mass is 133 g/mol. The van der Waals surface area contributed by atoms with Gasteiger partial charge >= 0.3 is 61.9 Å². The zero-order valence-corrected chi connectivity index (χ0v) is 6.46. The average Bonchev–Trinajstić information content (AvgIpc) is 1.88. The van der Waals surface area contributed by atoms with Crippen LogP contribution in [0, 0.1) is 0 Å². The molecule has 1 heterocycles. The summed E-state index contributed by atoms with van der Waals surface area (Å²) in [6, 6.07) is 6.64. The fraction of sp³-hybridized carbons (Fsp3) is 0.375. The second-order valence-corrected chi connectivity index (χ2v) is 2.67. The van der Waals surface area contributed by atoms with Crippen LogP contribution in [0.15, 0.2) is 24.2 Å². The Morgan fingerprint density at radius 2 is 2.20 bits per heavy atom. The third-order valence-corrected chi connectivity index (χ3v) is 1.23. The Hall–Kier alpha value is -0.785. The van der Waals surface area contributed by atoms with Gasteiger partial charge in [-0.05, 0) is 0 Å². The van der Waals surface area contributed by atoms with Crippen molar-refractivity contribution in [1.82, 2.24) is 0 Å².